The van der Waals surface area contributed by atoms with Gasteiger partial charge in [0.05, 0.1) is 10.4 Å². The number of rotatable bonds is 5. The van der Waals surface area contributed by atoms with Crippen LogP contribution in [0.3, 0.4) is 0 Å². The second kappa shape index (κ2) is 5.76. The van der Waals surface area contributed by atoms with E-state index in [-0.39, 0.29) is 17.2 Å². The van der Waals surface area contributed by atoms with Gasteiger partial charge in [0.2, 0.25) is 10.0 Å². The Kier molecular flexibility index (Phi) is 4.72. The number of sulfonamides is 1. The van der Waals surface area contributed by atoms with Crippen LogP contribution in [0, 0.1) is 12.7 Å². The molecule has 0 radical (unpaired) electrons. The van der Waals surface area contributed by atoms with E-state index in [0.29, 0.717) is 5.56 Å². The summed E-state index contributed by atoms with van der Waals surface area (Å²) in [5, 5.41) is 11.6. The van der Waals surface area contributed by atoms with Crippen LogP contribution in [0.15, 0.2) is 28.3 Å². The molecule has 1 unspecified atom stereocenters. The summed E-state index contributed by atoms with van der Waals surface area (Å²) in [6.07, 6.45) is 0.260. The molecule has 8 heteroatoms. The van der Waals surface area contributed by atoms with Crippen molar-refractivity contribution in [1.82, 2.24) is 4.72 Å². The smallest absolute Gasteiger partial charge is 0.241 e. The van der Waals surface area contributed by atoms with Crippen LogP contribution in [0.1, 0.15) is 25.8 Å². The molecule has 112 valence electrons. The minimum atomic E-state index is -4.00. The van der Waals surface area contributed by atoms with E-state index in [9.17, 15) is 12.8 Å². The molecule has 20 heavy (non-hydrogen) atoms. The van der Waals surface area contributed by atoms with Crippen molar-refractivity contribution in [1.29, 1.82) is 0 Å². The Labute approximate surface area is 117 Å². The van der Waals surface area contributed by atoms with Crippen molar-refractivity contribution >= 4 is 15.9 Å². The molecule has 0 fully saturated rings. The Hall–Kier alpha value is -1.67. The second-order valence-corrected chi connectivity index (χ2v) is 6.34. The van der Waals surface area contributed by atoms with Crippen molar-refractivity contribution in [2.75, 3.05) is 0 Å². The Bertz CT molecular complexity index is 631. The van der Waals surface area contributed by atoms with Crippen molar-refractivity contribution in [3.63, 3.8) is 0 Å². The average Bonchev–Trinajstić information content (AvgIpc) is 2.39. The molecule has 0 aliphatic carbocycles. The highest BCUT2D eigenvalue weighted by atomic mass is 32.2. The van der Waals surface area contributed by atoms with Gasteiger partial charge in [-0.1, -0.05) is 18.1 Å². The zero-order chi connectivity index (χ0) is 15.6. The molecule has 0 amide bonds. The zero-order valence-corrected chi connectivity index (χ0v) is 12.3. The van der Waals surface area contributed by atoms with Gasteiger partial charge in [-0.05, 0) is 38.0 Å². The number of oxime groups is 1. The zero-order valence-electron chi connectivity index (χ0n) is 11.5. The Balaban J connectivity index is 3.28. The van der Waals surface area contributed by atoms with E-state index in [1.807, 2.05) is 0 Å². The number of nitrogens with zero attached hydrogens (tertiary/aromatic N) is 1. The van der Waals surface area contributed by atoms with Crippen molar-refractivity contribution in [3.8, 4) is 0 Å². The Morgan fingerprint density at radius 3 is 2.65 bits per heavy atom. The highest BCUT2D eigenvalue weighted by Crippen LogP contribution is 2.20. The number of halogens is 1. The van der Waals surface area contributed by atoms with Crippen LogP contribution in [-0.4, -0.2) is 25.0 Å². The molecular formula is C12H18FN3O3S. The van der Waals surface area contributed by atoms with Gasteiger partial charge in [0.1, 0.15) is 5.82 Å². The maximum Gasteiger partial charge on any atom is 0.241 e. The van der Waals surface area contributed by atoms with Crippen LogP contribution >= 0.6 is 0 Å². The van der Waals surface area contributed by atoms with Crippen LogP contribution in [-0.2, 0) is 10.0 Å². The molecule has 0 bridgehead atoms. The largest absolute Gasteiger partial charge is 0.409 e. The summed E-state index contributed by atoms with van der Waals surface area (Å²) in [6.45, 7) is 4.72. The molecule has 0 aromatic heterocycles. The average molecular weight is 303 g/mol. The summed E-state index contributed by atoms with van der Waals surface area (Å²) < 4.78 is 40.2. The lowest BCUT2D eigenvalue weighted by atomic mass is 10.00. The number of nitrogens with one attached hydrogen (secondary N) is 1. The fourth-order valence-electron chi connectivity index (χ4n) is 1.63. The molecule has 0 spiro atoms. The normalized spacial score (nSPS) is 15.9. The molecular weight excluding hydrogens is 285 g/mol. The maximum atomic E-state index is 13.2. The van der Waals surface area contributed by atoms with Crippen LogP contribution in [0.4, 0.5) is 4.39 Å². The first-order chi connectivity index (χ1) is 9.16. The van der Waals surface area contributed by atoms with Gasteiger partial charge in [0.15, 0.2) is 5.84 Å². The summed E-state index contributed by atoms with van der Waals surface area (Å²) in [4.78, 5) is -0.178. The minimum absolute atomic E-state index is 0.178. The summed E-state index contributed by atoms with van der Waals surface area (Å²) in [6, 6.07) is 3.48. The van der Waals surface area contributed by atoms with Crippen molar-refractivity contribution in [2.45, 2.75) is 37.6 Å². The third-order valence-electron chi connectivity index (χ3n) is 3.18. The van der Waals surface area contributed by atoms with E-state index in [1.165, 1.54) is 19.1 Å². The van der Waals surface area contributed by atoms with Gasteiger partial charge in [-0.3, -0.25) is 0 Å². The van der Waals surface area contributed by atoms with Gasteiger partial charge in [0, 0.05) is 0 Å². The van der Waals surface area contributed by atoms with Crippen molar-refractivity contribution < 1.29 is 18.0 Å². The number of nitrogens with two attached hydrogens (primary N) is 1. The standard InChI is InChI=1S/C12H18FN3O3S/c1-4-12(3,11(14)15-17)16-20(18,19)10-7-9(13)6-5-8(10)2/h5-7,16-17H,4H2,1-3H3,(H2,14,15). The first-order valence-electron chi connectivity index (χ1n) is 5.94. The summed E-state index contributed by atoms with van der Waals surface area (Å²) in [5.41, 5.74) is 4.66. The third kappa shape index (κ3) is 3.26. The van der Waals surface area contributed by atoms with Gasteiger partial charge >= 0.3 is 0 Å². The molecule has 0 aliphatic heterocycles. The number of aryl methyl sites for hydroxylation is 1. The second-order valence-electron chi connectivity index (χ2n) is 4.69. The van der Waals surface area contributed by atoms with Crippen LogP contribution in [0.5, 0.6) is 0 Å². The lowest BCUT2D eigenvalue weighted by Gasteiger charge is -2.27. The Morgan fingerprint density at radius 2 is 2.15 bits per heavy atom. The minimum Gasteiger partial charge on any atom is -0.409 e. The van der Waals surface area contributed by atoms with Crippen LogP contribution < -0.4 is 10.5 Å². The van der Waals surface area contributed by atoms with E-state index in [2.05, 4.69) is 9.88 Å². The van der Waals surface area contributed by atoms with E-state index >= 15 is 0 Å². The molecule has 0 heterocycles. The molecule has 1 aromatic rings. The highest BCUT2D eigenvalue weighted by molar-refractivity contribution is 7.89. The predicted molar refractivity (Wildman–Crippen MR) is 73.6 cm³/mol. The molecule has 0 aliphatic rings. The lowest BCUT2D eigenvalue weighted by molar-refractivity contribution is 0.310. The Morgan fingerprint density at radius 1 is 1.55 bits per heavy atom. The maximum absolute atomic E-state index is 13.2. The van der Waals surface area contributed by atoms with Crippen LogP contribution in [0.2, 0.25) is 0 Å². The predicted octanol–water partition coefficient (Wildman–Crippen LogP) is 1.33. The third-order valence-corrected chi connectivity index (χ3v) is 4.92. The summed E-state index contributed by atoms with van der Waals surface area (Å²) in [5.74, 6) is -0.921. The van der Waals surface area contributed by atoms with Crippen molar-refractivity contribution in [3.05, 3.63) is 29.6 Å². The molecule has 1 aromatic carbocycles. The molecule has 0 saturated carbocycles. The summed E-state index contributed by atoms with van der Waals surface area (Å²) >= 11 is 0. The van der Waals surface area contributed by atoms with E-state index in [0.717, 1.165) is 6.07 Å². The van der Waals surface area contributed by atoms with Gasteiger partial charge in [-0.25, -0.2) is 12.8 Å². The van der Waals surface area contributed by atoms with Crippen LogP contribution in [0.25, 0.3) is 0 Å². The fraction of sp³-hybridized carbons (Fsp3) is 0.417. The quantitative estimate of drug-likeness (QED) is 0.330. The number of hydrogen-bond acceptors (Lipinski definition) is 4. The number of amidine groups is 1. The molecule has 0 saturated heterocycles. The molecule has 6 nitrogen and oxygen atoms in total. The topological polar surface area (TPSA) is 105 Å². The van der Waals surface area contributed by atoms with Gasteiger partial charge in [-0.15, -0.1) is 0 Å². The van der Waals surface area contributed by atoms with Gasteiger partial charge < -0.3 is 10.9 Å². The lowest BCUT2D eigenvalue weighted by Crippen LogP contribution is -2.54. The monoisotopic (exact) mass is 303 g/mol. The van der Waals surface area contributed by atoms with E-state index < -0.39 is 21.4 Å². The van der Waals surface area contributed by atoms with Gasteiger partial charge in [0.25, 0.3) is 0 Å². The number of hydrogen-bond donors (Lipinski definition) is 3. The number of benzene rings is 1. The SMILES string of the molecule is CCC(C)(NS(=O)(=O)c1cc(F)ccc1C)/C(N)=N/O. The first kappa shape index (κ1) is 16.4. The molecule has 1 atom stereocenters. The van der Waals surface area contributed by atoms with E-state index in [1.54, 1.807) is 13.8 Å². The molecule has 4 N–H and O–H groups in total. The summed E-state index contributed by atoms with van der Waals surface area (Å²) in [7, 11) is -4.00. The fourth-order valence-corrected chi connectivity index (χ4v) is 3.34. The van der Waals surface area contributed by atoms with E-state index in [4.69, 9.17) is 10.9 Å². The highest BCUT2D eigenvalue weighted by Gasteiger charge is 2.34. The van der Waals surface area contributed by atoms with Gasteiger partial charge in [-0.2, -0.15) is 4.72 Å². The molecule has 1 rings (SSSR count). The van der Waals surface area contributed by atoms with Crippen molar-refractivity contribution in [2.24, 2.45) is 10.9 Å². The first-order valence-corrected chi connectivity index (χ1v) is 7.42.